The first-order valence-electron chi connectivity index (χ1n) is 9.87. The number of carbonyl (C=O) groups excluding carboxylic acids is 1. The number of carbonyl (C=O) groups is 1. The number of hydrogen-bond donors (Lipinski definition) is 1. The van der Waals surface area contributed by atoms with Crippen LogP contribution >= 0.6 is 0 Å². The lowest BCUT2D eigenvalue weighted by atomic mass is 9.53. The minimum atomic E-state index is 0.0632. The summed E-state index contributed by atoms with van der Waals surface area (Å²) in [6.07, 6.45) is 12.4. The highest BCUT2D eigenvalue weighted by Gasteiger charge is 2.51. The van der Waals surface area contributed by atoms with Crippen molar-refractivity contribution in [1.82, 2.24) is 5.32 Å². The minimum absolute atomic E-state index is 0.0632. The smallest absolute Gasteiger partial charge is 0.244 e. The number of nitrogens with one attached hydrogen (secondary N) is 1. The van der Waals surface area contributed by atoms with Crippen molar-refractivity contribution in [2.45, 2.75) is 57.4 Å². The molecular weight excluding hydrogens is 310 g/mol. The molecule has 5 rings (SSSR count). The molecule has 0 atom stereocenters. The van der Waals surface area contributed by atoms with Crippen LogP contribution in [0.5, 0.6) is 5.75 Å². The predicted molar refractivity (Wildman–Crippen MR) is 100 cm³/mol. The molecule has 4 bridgehead atoms. The Balaban J connectivity index is 1.35. The van der Waals surface area contributed by atoms with Crippen molar-refractivity contribution in [3.05, 3.63) is 35.9 Å². The lowest BCUT2D eigenvalue weighted by molar-refractivity contribution is -0.122. The van der Waals surface area contributed by atoms with Gasteiger partial charge < -0.3 is 10.1 Å². The van der Waals surface area contributed by atoms with Gasteiger partial charge in [0.2, 0.25) is 5.91 Å². The molecule has 1 N–H and O–H groups in total. The molecule has 0 saturated heterocycles. The van der Waals surface area contributed by atoms with Crippen LogP contribution in [0.3, 0.4) is 0 Å². The predicted octanol–water partition coefficient (Wildman–Crippen LogP) is 4.57. The first-order valence-corrected chi connectivity index (χ1v) is 9.87. The fourth-order valence-electron chi connectivity index (χ4n) is 5.63. The van der Waals surface area contributed by atoms with E-state index in [0.29, 0.717) is 0 Å². The van der Waals surface area contributed by atoms with Crippen LogP contribution in [-0.2, 0) is 4.79 Å². The maximum absolute atomic E-state index is 12.5. The van der Waals surface area contributed by atoms with Crippen LogP contribution in [-0.4, -0.2) is 18.1 Å². The molecule has 25 heavy (non-hydrogen) atoms. The molecule has 0 radical (unpaired) electrons. The zero-order valence-electron chi connectivity index (χ0n) is 15.2. The van der Waals surface area contributed by atoms with Crippen LogP contribution < -0.4 is 10.1 Å². The van der Waals surface area contributed by atoms with Crippen molar-refractivity contribution in [3.63, 3.8) is 0 Å². The van der Waals surface area contributed by atoms with Crippen LogP contribution in [0.15, 0.2) is 30.3 Å². The quantitative estimate of drug-likeness (QED) is 0.771. The number of rotatable bonds is 6. The minimum Gasteiger partial charge on any atom is -0.494 e. The fourth-order valence-corrected chi connectivity index (χ4v) is 5.63. The molecule has 1 aromatic rings. The van der Waals surface area contributed by atoms with Crippen LogP contribution in [0.2, 0.25) is 0 Å². The summed E-state index contributed by atoms with van der Waals surface area (Å²) >= 11 is 0. The molecule has 0 aliphatic heterocycles. The van der Waals surface area contributed by atoms with Crippen molar-refractivity contribution in [3.8, 4) is 5.75 Å². The monoisotopic (exact) mass is 339 g/mol. The lowest BCUT2D eigenvalue weighted by Gasteiger charge is -2.56. The molecule has 0 spiro atoms. The van der Waals surface area contributed by atoms with E-state index in [2.05, 4.69) is 12.2 Å². The van der Waals surface area contributed by atoms with Gasteiger partial charge in [-0.15, -0.1) is 0 Å². The molecule has 0 unspecified atom stereocenters. The van der Waals surface area contributed by atoms with Gasteiger partial charge in [0, 0.05) is 11.6 Å². The molecular formula is C22H29NO2. The van der Waals surface area contributed by atoms with E-state index in [4.69, 9.17) is 4.74 Å². The first-order chi connectivity index (χ1) is 12.1. The van der Waals surface area contributed by atoms with Gasteiger partial charge in [-0.2, -0.15) is 0 Å². The molecule has 4 saturated carbocycles. The Kier molecular flexibility index (Phi) is 4.58. The van der Waals surface area contributed by atoms with E-state index in [1.807, 2.05) is 30.3 Å². The van der Waals surface area contributed by atoms with Gasteiger partial charge >= 0.3 is 0 Å². The lowest BCUT2D eigenvalue weighted by Crippen LogP contribution is -2.59. The van der Waals surface area contributed by atoms with Gasteiger partial charge in [0.25, 0.3) is 0 Å². The second-order valence-electron chi connectivity index (χ2n) is 8.44. The van der Waals surface area contributed by atoms with Crippen LogP contribution in [0.1, 0.15) is 57.4 Å². The van der Waals surface area contributed by atoms with Crippen molar-refractivity contribution in [2.24, 2.45) is 17.8 Å². The van der Waals surface area contributed by atoms with E-state index in [1.54, 1.807) is 6.08 Å². The van der Waals surface area contributed by atoms with Crippen LogP contribution in [0, 0.1) is 17.8 Å². The SMILES string of the molecule is CCCOc1ccc(/C=C/C(=O)NC23CC4CC(CC(C4)C2)C3)cc1. The summed E-state index contributed by atoms with van der Waals surface area (Å²) in [5.41, 5.74) is 1.12. The van der Waals surface area contributed by atoms with Crippen LogP contribution in [0.25, 0.3) is 6.08 Å². The Morgan fingerprint density at radius 1 is 1.12 bits per heavy atom. The van der Waals surface area contributed by atoms with Crippen molar-refractivity contribution in [1.29, 1.82) is 0 Å². The normalized spacial score (nSPS) is 32.9. The average molecular weight is 339 g/mol. The fraction of sp³-hybridized carbons (Fsp3) is 0.591. The second kappa shape index (κ2) is 6.86. The Hall–Kier alpha value is -1.77. The van der Waals surface area contributed by atoms with Gasteiger partial charge in [0.15, 0.2) is 0 Å². The van der Waals surface area contributed by atoms with E-state index >= 15 is 0 Å². The van der Waals surface area contributed by atoms with E-state index in [0.717, 1.165) is 42.1 Å². The zero-order chi connectivity index (χ0) is 17.3. The topological polar surface area (TPSA) is 38.3 Å². The molecule has 0 aromatic heterocycles. The third kappa shape index (κ3) is 3.75. The first kappa shape index (κ1) is 16.7. The third-order valence-electron chi connectivity index (χ3n) is 6.21. The summed E-state index contributed by atoms with van der Waals surface area (Å²) in [6.45, 7) is 2.84. The number of hydrogen-bond acceptors (Lipinski definition) is 2. The van der Waals surface area contributed by atoms with Crippen molar-refractivity contribution in [2.75, 3.05) is 6.61 Å². The summed E-state index contributed by atoms with van der Waals surface area (Å²) in [5, 5.41) is 3.38. The molecule has 1 amide bonds. The highest BCUT2D eigenvalue weighted by Crippen LogP contribution is 2.55. The third-order valence-corrected chi connectivity index (χ3v) is 6.21. The van der Waals surface area contributed by atoms with Crippen molar-refractivity contribution >= 4 is 12.0 Å². The average Bonchev–Trinajstić information content (AvgIpc) is 2.57. The van der Waals surface area contributed by atoms with E-state index < -0.39 is 0 Å². The van der Waals surface area contributed by atoms with E-state index in [1.165, 1.54) is 38.5 Å². The molecule has 1 aromatic carbocycles. The summed E-state index contributed by atoms with van der Waals surface area (Å²) in [4.78, 5) is 12.5. The number of amides is 1. The van der Waals surface area contributed by atoms with Gasteiger partial charge in [0.05, 0.1) is 6.61 Å². The molecule has 3 heteroatoms. The number of ether oxygens (including phenoxy) is 1. The molecule has 0 heterocycles. The standard InChI is InChI=1S/C22H29NO2/c1-2-9-25-20-6-3-16(4-7-20)5-8-21(24)23-22-13-17-10-18(14-22)12-19(11-17)15-22/h3-8,17-19H,2,9-15H2,1H3,(H,23,24)/b8-5+. The maximum Gasteiger partial charge on any atom is 0.244 e. The van der Waals surface area contributed by atoms with E-state index in [-0.39, 0.29) is 11.4 Å². The molecule has 134 valence electrons. The molecule has 3 nitrogen and oxygen atoms in total. The Labute approximate surface area is 150 Å². The zero-order valence-corrected chi connectivity index (χ0v) is 15.2. The summed E-state index contributed by atoms with van der Waals surface area (Å²) in [7, 11) is 0. The second-order valence-corrected chi connectivity index (χ2v) is 8.44. The van der Waals surface area contributed by atoms with Gasteiger partial charge in [-0.25, -0.2) is 0 Å². The summed E-state index contributed by atoms with van der Waals surface area (Å²) in [5.74, 6) is 3.51. The molecule has 4 aliphatic carbocycles. The van der Waals surface area contributed by atoms with Gasteiger partial charge in [-0.3, -0.25) is 4.79 Å². The largest absolute Gasteiger partial charge is 0.494 e. The Morgan fingerprint density at radius 2 is 1.72 bits per heavy atom. The Bertz CT molecular complexity index is 611. The van der Waals surface area contributed by atoms with Crippen LogP contribution in [0.4, 0.5) is 0 Å². The van der Waals surface area contributed by atoms with Gasteiger partial charge in [-0.1, -0.05) is 19.1 Å². The highest BCUT2D eigenvalue weighted by atomic mass is 16.5. The molecule has 4 fully saturated rings. The van der Waals surface area contributed by atoms with Crippen molar-refractivity contribution < 1.29 is 9.53 Å². The molecule has 4 aliphatic rings. The summed E-state index contributed by atoms with van der Waals surface area (Å²) < 4.78 is 5.59. The number of benzene rings is 1. The van der Waals surface area contributed by atoms with Gasteiger partial charge in [0.1, 0.15) is 5.75 Å². The highest BCUT2D eigenvalue weighted by molar-refractivity contribution is 5.92. The van der Waals surface area contributed by atoms with Gasteiger partial charge in [-0.05, 0) is 86.5 Å². The summed E-state index contributed by atoms with van der Waals surface area (Å²) in [6, 6.07) is 7.93. The van der Waals surface area contributed by atoms with E-state index in [9.17, 15) is 4.79 Å². The maximum atomic E-state index is 12.5. The Morgan fingerprint density at radius 3 is 2.28 bits per heavy atom.